The summed E-state index contributed by atoms with van der Waals surface area (Å²) in [5.41, 5.74) is 6.02. The Labute approximate surface area is 148 Å². The maximum Gasteiger partial charge on any atom is 0.244 e. The van der Waals surface area contributed by atoms with Crippen LogP contribution in [0.4, 0.5) is 0 Å². The van der Waals surface area contributed by atoms with Gasteiger partial charge in [-0.05, 0) is 31.2 Å². The van der Waals surface area contributed by atoms with Gasteiger partial charge in [0.15, 0.2) is 0 Å². The molecular formula is C19H27N3O3. The molecule has 0 spiro atoms. The Morgan fingerprint density at radius 2 is 1.72 bits per heavy atom. The standard InChI is InChI=1S/C19H27N3O3/c1-13(21-16(23)12-14-8-4-2-5-9-14)19(25)22-17(18(20)24)15-10-6-3-7-11-15/h3,6-7,10-11,13-14,17H,2,4-5,8-9,12H2,1H3,(H2,20,24)(H,21,23)(H,22,25)/t13-,17-/m0/s1. The SMILES string of the molecule is C[C@H](NC(=O)CC1CCCCC1)C(=O)N[C@H](C(N)=O)c1ccccc1. The number of nitrogens with one attached hydrogen (secondary N) is 2. The number of carbonyl (C=O) groups is 3. The summed E-state index contributed by atoms with van der Waals surface area (Å²) in [7, 11) is 0. The van der Waals surface area contributed by atoms with Crippen molar-refractivity contribution in [2.24, 2.45) is 11.7 Å². The van der Waals surface area contributed by atoms with Crippen LogP contribution in [0.2, 0.25) is 0 Å². The highest BCUT2D eigenvalue weighted by atomic mass is 16.2. The minimum absolute atomic E-state index is 0.120. The van der Waals surface area contributed by atoms with E-state index in [0.29, 0.717) is 17.9 Å². The highest BCUT2D eigenvalue weighted by Gasteiger charge is 2.25. The first-order valence-electron chi connectivity index (χ1n) is 8.91. The summed E-state index contributed by atoms with van der Waals surface area (Å²) in [5, 5.41) is 5.33. The summed E-state index contributed by atoms with van der Waals surface area (Å²) < 4.78 is 0. The Hall–Kier alpha value is -2.37. The third-order valence-electron chi connectivity index (χ3n) is 4.67. The molecule has 25 heavy (non-hydrogen) atoms. The van der Waals surface area contributed by atoms with Crippen LogP contribution in [-0.4, -0.2) is 23.8 Å². The van der Waals surface area contributed by atoms with Crippen LogP contribution in [0.15, 0.2) is 30.3 Å². The fourth-order valence-corrected chi connectivity index (χ4v) is 3.25. The number of hydrogen-bond acceptors (Lipinski definition) is 3. The van der Waals surface area contributed by atoms with Gasteiger partial charge in [0.2, 0.25) is 17.7 Å². The number of primary amides is 1. The van der Waals surface area contributed by atoms with Crippen LogP contribution < -0.4 is 16.4 Å². The summed E-state index contributed by atoms with van der Waals surface area (Å²) >= 11 is 0. The van der Waals surface area contributed by atoms with Gasteiger partial charge in [-0.3, -0.25) is 14.4 Å². The Morgan fingerprint density at radius 1 is 1.08 bits per heavy atom. The van der Waals surface area contributed by atoms with Crippen LogP contribution in [0, 0.1) is 5.92 Å². The molecule has 4 N–H and O–H groups in total. The second-order valence-corrected chi connectivity index (χ2v) is 6.75. The highest BCUT2D eigenvalue weighted by Crippen LogP contribution is 2.26. The molecule has 1 aliphatic rings. The normalized spacial score (nSPS) is 17.3. The van der Waals surface area contributed by atoms with Crippen molar-refractivity contribution in [3.05, 3.63) is 35.9 Å². The van der Waals surface area contributed by atoms with E-state index >= 15 is 0 Å². The van der Waals surface area contributed by atoms with Gasteiger partial charge < -0.3 is 16.4 Å². The van der Waals surface area contributed by atoms with Gasteiger partial charge in [-0.2, -0.15) is 0 Å². The van der Waals surface area contributed by atoms with Gasteiger partial charge in [0, 0.05) is 6.42 Å². The lowest BCUT2D eigenvalue weighted by atomic mass is 9.87. The monoisotopic (exact) mass is 345 g/mol. The van der Waals surface area contributed by atoms with E-state index < -0.39 is 23.9 Å². The summed E-state index contributed by atoms with van der Waals surface area (Å²) in [5.74, 6) is -0.776. The van der Waals surface area contributed by atoms with Crippen LogP contribution in [0.5, 0.6) is 0 Å². The minimum atomic E-state index is -0.911. The first-order valence-corrected chi connectivity index (χ1v) is 8.91. The molecule has 1 aliphatic carbocycles. The smallest absolute Gasteiger partial charge is 0.244 e. The fourth-order valence-electron chi connectivity index (χ4n) is 3.25. The molecule has 3 amide bonds. The number of benzene rings is 1. The molecule has 1 saturated carbocycles. The van der Waals surface area contributed by atoms with Gasteiger partial charge in [0.25, 0.3) is 0 Å². The largest absolute Gasteiger partial charge is 0.368 e. The van der Waals surface area contributed by atoms with E-state index in [4.69, 9.17) is 5.73 Å². The zero-order chi connectivity index (χ0) is 18.2. The zero-order valence-electron chi connectivity index (χ0n) is 14.7. The summed E-state index contributed by atoms with van der Waals surface area (Å²) in [6.07, 6.45) is 6.19. The zero-order valence-corrected chi connectivity index (χ0v) is 14.7. The molecule has 0 saturated heterocycles. The Balaban J connectivity index is 1.87. The molecule has 0 aromatic heterocycles. The van der Waals surface area contributed by atoms with Gasteiger partial charge in [0.1, 0.15) is 12.1 Å². The molecule has 136 valence electrons. The van der Waals surface area contributed by atoms with Gasteiger partial charge in [0.05, 0.1) is 0 Å². The average Bonchev–Trinajstić information content (AvgIpc) is 2.60. The Morgan fingerprint density at radius 3 is 2.32 bits per heavy atom. The van der Waals surface area contributed by atoms with Crippen molar-refractivity contribution in [1.29, 1.82) is 0 Å². The van der Waals surface area contributed by atoms with Crippen molar-refractivity contribution in [2.45, 2.75) is 57.5 Å². The average molecular weight is 345 g/mol. The summed E-state index contributed by atoms with van der Waals surface area (Å²) in [4.78, 5) is 36.1. The van der Waals surface area contributed by atoms with Crippen LogP contribution in [0.1, 0.15) is 57.1 Å². The molecule has 0 unspecified atom stereocenters. The van der Waals surface area contributed by atoms with Crippen molar-refractivity contribution >= 4 is 17.7 Å². The lowest BCUT2D eigenvalue weighted by Crippen LogP contribution is -2.48. The molecular weight excluding hydrogens is 318 g/mol. The van der Waals surface area contributed by atoms with Crippen molar-refractivity contribution < 1.29 is 14.4 Å². The van der Waals surface area contributed by atoms with Crippen LogP contribution >= 0.6 is 0 Å². The molecule has 6 nitrogen and oxygen atoms in total. The quantitative estimate of drug-likeness (QED) is 0.702. The number of carbonyl (C=O) groups excluding carboxylic acids is 3. The number of hydrogen-bond donors (Lipinski definition) is 3. The van der Waals surface area contributed by atoms with Crippen LogP contribution in [-0.2, 0) is 14.4 Å². The third kappa shape index (κ3) is 5.89. The highest BCUT2D eigenvalue weighted by molar-refractivity contribution is 5.91. The predicted octanol–water partition coefficient (Wildman–Crippen LogP) is 1.80. The molecule has 0 heterocycles. The van der Waals surface area contributed by atoms with E-state index in [-0.39, 0.29) is 5.91 Å². The minimum Gasteiger partial charge on any atom is -0.368 e. The number of amides is 3. The second kappa shape index (κ2) is 9.20. The lowest BCUT2D eigenvalue weighted by Gasteiger charge is -2.23. The second-order valence-electron chi connectivity index (χ2n) is 6.75. The molecule has 0 radical (unpaired) electrons. The van der Waals surface area contributed by atoms with Crippen molar-refractivity contribution in [3.63, 3.8) is 0 Å². The van der Waals surface area contributed by atoms with Crippen LogP contribution in [0.25, 0.3) is 0 Å². The van der Waals surface area contributed by atoms with E-state index in [1.165, 1.54) is 19.3 Å². The van der Waals surface area contributed by atoms with Gasteiger partial charge in [-0.25, -0.2) is 0 Å². The van der Waals surface area contributed by atoms with Crippen molar-refractivity contribution in [1.82, 2.24) is 10.6 Å². The van der Waals surface area contributed by atoms with E-state index in [1.54, 1.807) is 31.2 Å². The fraction of sp³-hybridized carbons (Fsp3) is 0.526. The Kier molecular flexibility index (Phi) is 6.98. The first-order chi connectivity index (χ1) is 12.0. The topological polar surface area (TPSA) is 101 Å². The van der Waals surface area contributed by atoms with E-state index in [2.05, 4.69) is 10.6 Å². The first kappa shape index (κ1) is 19.0. The predicted molar refractivity (Wildman–Crippen MR) is 95.3 cm³/mol. The van der Waals surface area contributed by atoms with E-state index in [9.17, 15) is 14.4 Å². The number of rotatable bonds is 7. The van der Waals surface area contributed by atoms with Gasteiger partial charge in [-0.1, -0.05) is 49.6 Å². The Bertz CT molecular complexity index is 597. The molecule has 6 heteroatoms. The maximum absolute atomic E-state index is 12.3. The third-order valence-corrected chi connectivity index (χ3v) is 4.67. The molecule has 0 aliphatic heterocycles. The van der Waals surface area contributed by atoms with Crippen LogP contribution in [0.3, 0.4) is 0 Å². The summed E-state index contributed by atoms with van der Waals surface area (Å²) in [6, 6.07) is 7.18. The van der Waals surface area contributed by atoms with Crippen molar-refractivity contribution in [2.75, 3.05) is 0 Å². The maximum atomic E-state index is 12.3. The lowest BCUT2D eigenvalue weighted by molar-refractivity contribution is -0.131. The molecule has 0 bridgehead atoms. The molecule has 1 aromatic carbocycles. The van der Waals surface area contributed by atoms with Gasteiger partial charge >= 0.3 is 0 Å². The summed E-state index contributed by atoms with van der Waals surface area (Å²) in [6.45, 7) is 1.61. The van der Waals surface area contributed by atoms with Gasteiger partial charge in [-0.15, -0.1) is 0 Å². The molecule has 2 rings (SSSR count). The number of nitrogens with two attached hydrogens (primary N) is 1. The molecule has 1 fully saturated rings. The molecule has 2 atom stereocenters. The van der Waals surface area contributed by atoms with E-state index in [1.807, 2.05) is 6.07 Å². The van der Waals surface area contributed by atoms with E-state index in [0.717, 1.165) is 12.8 Å². The molecule has 1 aromatic rings. The van der Waals surface area contributed by atoms with Crippen molar-refractivity contribution in [3.8, 4) is 0 Å².